The standard InChI is InChI=1S/C31H31BrFN3O3S/c1-3-36-30(37)29(40-31(36)34-23-11-13-24(14-12-23)35-15-7-4-8-16-35)18-22-17-27(38-2)28(19-25(22)32)39-20-21-9-5-6-10-26(21)33/h5-6,9-14,17-19H,3-4,7-8,15-16,20H2,1-2H3/b29-18-,34-31?. The van der Waals surface area contributed by atoms with Crippen LogP contribution in [0.2, 0.25) is 0 Å². The van der Waals surface area contributed by atoms with Crippen molar-refractivity contribution < 1.29 is 18.7 Å². The van der Waals surface area contributed by atoms with Crippen LogP contribution < -0.4 is 14.4 Å². The zero-order chi connectivity index (χ0) is 28.1. The molecular formula is C31H31BrFN3O3S. The molecule has 0 unspecified atom stereocenters. The van der Waals surface area contributed by atoms with Gasteiger partial charge < -0.3 is 14.4 Å². The van der Waals surface area contributed by atoms with Crippen molar-refractivity contribution in [3.63, 3.8) is 0 Å². The van der Waals surface area contributed by atoms with Gasteiger partial charge in [-0.2, -0.15) is 0 Å². The summed E-state index contributed by atoms with van der Waals surface area (Å²) in [4.78, 5) is 22.7. The number of carbonyl (C=O) groups is 1. The third-order valence-corrected chi connectivity index (χ3v) is 8.60. The summed E-state index contributed by atoms with van der Waals surface area (Å²) in [5.41, 5.74) is 3.24. The van der Waals surface area contributed by atoms with Crippen molar-refractivity contribution in [2.24, 2.45) is 4.99 Å². The normalized spacial score (nSPS) is 17.6. The van der Waals surface area contributed by atoms with E-state index in [-0.39, 0.29) is 18.3 Å². The minimum absolute atomic E-state index is 0.0640. The number of halogens is 2. The summed E-state index contributed by atoms with van der Waals surface area (Å²) in [7, 11) is 1.55. The maximum Gasteiger partial charge on any atom is 0.266 e. The Morgan fingerprint density at radius 2 is 1.80 bits per heavy atom. The highest BCUT2D eigenvalue weighted by Crippen LogP contribution is 2.39. The molecule has 0 atom stereocenters. The first kappa shape index (κ1) is 28.2. The lowest BCUT2D eigenvalue weighted by atomic mass is 10.1. The molecule has 9 heteroatoms. The van der Waals surface area contributed by atoms with Crippen LogP contribution in [0.1, 0.15) is 37.3 Å². The summed E-state index contributed by atoms with van der Waals surface area (Å²) in [5.74, 6) is 0.531. The Kier molecular flexibility index (Phi) is 9.11. The van der Waals surface area contributed by atoms with Crippen molar-refractivity contribution in [1.82, 2.24) is 4.90 Å². The number of rotatable bonds is 8. The number of piperidine rings is 1. The minimum atomic E-state index is -0.324. The van der Waals surface area contributed by atoms with Gasteiger partial charge in [0.15, 0.2) is 16.7 Å². The quantitative estimate of drug-likeness (QED) is 0.240. The summed E-state index contributed by atoms with van der Waals surface area (Å²) < 4.78 is 26.2. The van der Waals surface area contributed by atoms with Crippen molar-refractivity contribution >= 4 is 56.2 Å². The molecule has 0 aliphatic carbocycles. The van der Waals surface area contributed by atoms with E-state index in [0.29, 0.717) is 33.7 Å². The molecule has 0 radical (unpaired) electrons. The molecule has 2 heterocycles. The Labute approximate surface area is 247 Å². The van der Waals surface area contributed by atoms with Gasteiger partial charge in [-0.25, -0.2) is 9.38 Å². The van der Waals surface area contributed by atoms with Crippen LogP contribution in [0, 0.1) is 5.82 Å². The van der Waals surface area contributed by atoms with E-state index >= 15 is 0 Å². The lowest BCUT2D eigenvalue weighted by Crippen LogP contribution is -2.29. The molecule has 2 saturated heterocycles. The lowest BCUT2D eigenvalue weighted by Gasteiger charge is -2.28. The molecule has 3 aromatic rings. The molecule has 6 nitrogen and oxygen atoms in total. The first-order valence-corrected chi connectivity index (χ1v) is 15.0. The van der Waals surface area contributed by atoms with Crippen LogP contribution in [0.5, 0.6) is 11.5 Å². The number of carbonyl (C=O) groups excluding carboxylic acids is 1. The van der Waals surface area contributed by atoms with E-state index in [1.807, 2.05) is 25.1 Å². The van der Waals surface area contributed by atoms with E-state index < -0.39 is 0 Å². The number of likely N-dealkylation sites (N-methyl/N-ethyl adjacent to an activating group) is 1. The van der Waals surface area contributed by atoms with Crippen LogP contribution in [0.3, 0.4) is 0 Å². The summed E-state index contributed by atoms with van der Waals surface area (Å²) in [6.07, 6.45) is 5.58. The first-order chi connectivity index (χ1) is 19.5. The number of thioether (sulfide) groups is 1. The van der Waals surface area contributed by atoms with Crippen molar-refractivity contribution in [3.05, 3.63) is 87.0 Å². The second kappa shape index (κ2) is 12.9. The Balaban J connectivity index is 1.35. The monoisotopic (exact) mass is 623 g/mol. The van der Waals surface area contributed by atoms with Gasteiger partial charge in [-0.1, -0.05) is 34.1 Å². The molecule has 0 spiro atoms. The van der Waals surface area contributed by atoms with Gasteiger partial charge in [0, 0.05) is 35.4 Å². The maximum absolute atomic E-state index is 14.0. The van der Waals surface area contributed by atoms with Crippen molar-refractivity contribution in [2.45, 2.75) is 32.8 Å². The molecule has 5 rings (SSSR count). The van der Waals surface area contributed by atoms with Crippen LogP contribution in [0.15, 0.2) is 75.0 Å². The number of anilines is 1. The molecule has 0 saturated carbocycles. The highest BCUT2D eigenvalue weighted by molar-refractivity contribution is 9.10. The van der Waals surface area contributed by atoms with Gasteiger partial charge in [0.2, 0.25) is 0 Å². The molecular weight excluding hydrogens is 593 g/mol. The Morgan fingerprint density at radius 3 is 2.50 bits per heavy atom. The van der Waals surface area contributed by atoms with Gasteiger partial charge in [0.25, 0.3) is 5.91 Å². The number of nitrogens with zero attached hydrogens (tertiary/aromatic N) is 3. The summed E-state index contributed by atoms with van der Waals surface area (Å²) in [6.45, 7) is 4.71. The van der Waals surface area contributed by atoms with E-state index in [1.165, 1.54) is 42.8 Å². The molecule has 0 aromatic heterocycles. The number of amidine groups is 1. The Hall–Kier alpha value is -3.30. The predicted molar refractivity (Wildman–Crippen MR) is 164 cm³/mol. The smallest absolute Gasteiger partial charge is 0.266 e. The van der Waals surface area contributed by atoms with Crippen LogP contribution >= 0.6 is 27.7 Å². The third-order valence-electron chi connectivity index (χ3n) is 6.91. The van der Waals surface area contributed by atoms with Crippen molar-refractivity contribution in [2.75, 3.05) is 31.6 Å². The third kappa shape index (κ3) is 6.36. The predicted octanol–water partition coefficient (Wildman–Crippen LogP) is 7.79. The molecule has 2 aliphatic heterocycles. The van der Waals surface area contributed by atoms with E-state index in [1.54, 1.807) is 42.3 Å². The van der Waals surface area contributed by atoms with Gasteiger partial charge in [-0.05, 0) is 92.1 Å². The number of hydrogen-bond acceptors (Lipinski definition) is 6. The van der Waals surface area contributed by atoms with Crippen LogP contribution in [-0.4, -0.2) is 42.7 Å². The number of ether oxygens (including phenoxy) is 2. The lowest BCUT2D eigenvalue weighted by molar-refractivity contribution is -0.122. The number of hydrogen-bond donors (Lipinski definition) is 0. The molecule has 208 valence electrons. The second-order valence-electron chi connectivity index (χ2n) is 9.52. The first-order valence-electron chi connectivity index (χ1n) is 13.4. The summed E-state index contributed by atoms with van der Waals surface area (Å²) in [6, 6.07) is 18.3. The zero-order valence-electron chi connectivity index (χ0n) is 22.5. The van der Waals surface area contributed by atoms with Gasteiger partial charge in [0.1, 0.15) is 12.4 Å². The molecule has 1 amide bonds. The largest absolute Gasteiger partial charge is 0.493 e. The number of aliphatic imine (C=N–C) groups is 1. The zero-order valence-corrected chi connectivity index (χ0v) is 24.9. The average molecular weight is 625 g/mol. The highest BCUT2D eigenvalue weighted by atomic mass is 79.9. The molecule has 3 aromatic carbocycles. The van der Waals surface area contributed by atoms with E-state index in [2.05, 4.69) is 33.0 Å². The second-order valence-corrected chi connectivity index (χ2v) is 11.4. The number of amides is 1. The highest BCUT2D eigenvalue weighted by Gasteiger charge is 2.32. The Morgan fingerprint density at radius 1 is 1.05 bits per heavy atom. The van der Waals surface area contributed by atoms with Crippen LogP contribution in [-0.2, 0) is 11.4 Å². The van der Waals surface area contributed by atoms with Crippen LogP contribution in [0.4, 0.5) is 15.8 Å². The minimum Gasteiger partial charge on any atom is -0.493 e. The number of methoxy groups -OCH3 is 1. The summed E-state index contributed by atoms with van der Waals surface area (Å²) >= 11 is 4.95. The number of benzene rings is 3. The molecule has 40 heavy (non-hydrogen) atoms. The molecule has 0 N–H and O–H groups in total. The van der Waals surface area contributed by atoms with E-state index in [9.17, 15) is 9.18 Å². The maximum atomic E-state index is 14.0. The average Bonchev–Trinajstić information content (AvgIpc) is 3.27. The topological polar surface area (TPSA) is 54.4 Å². The summed E-state index contributed by atoms with van der Waals surface area (Å²) in [5, 5.41) is 0.650. The fourth-order valence-corrected chi connectivity index (χ4v) is 6.21. The van der Waals surface area contributed by atoms with Gasteiger partial charge in [-0.3, -0.25) is 9.69 Å². The Bertz CT molecular complexity index is 1440. The molecule has 2 aliphatic rings. The fourth-order valence-electron chi connectivity index (χ4n) is 4.72. The molecule has 0 bridgehead atoms. The van der Waals surface area contributed by atoms with Gasteiger partial charge >= 0.3 is 0 Å². The van der Waals surface area contributed by atoms with Crippen molar-refractivity contribution in [1.29, 1.82) is 0 Å². The van der Waals surface area contributed by atoms with Gasteiger partial charge in [-0.15, -0.1) is 0 Å². The fraction of sp³-hybridized carbons (Fsp3) is 0.290. The molecule has 2 fully saturated rings. The van der Waals surface area contributed by atoms with Crippen LogP contribution in [0.25, 0.3) is 6.08 Å². The van der Waals surface area contributed by atoms with Gasteiger partial charge in [0.05, 0.1) is 17.7 Å². The van der Waals surface area contributed by atoms with Crippen molar-refractivity contribution in [3.8, 4) is 11.5 Å². The SMILES string of the molecule is CCN1C(=O)/C(=C/c2cc(OC)c(OCc3ccccc3F)cc2Br)SC1=Nc1ccc(N2CCCCC2)cc1. The van der Waals surface area contributed by atoms with E-state index in [0.717, 1.165) is 28.8 Å². The van der Waals surface area contributed by atoms with E-state index in [4.69, 9.17) is 14.5 Å².